The number of anilines is 1. The van der Waals surface area contributed by atoms with Gasteiger partial charge < -0.3 is 5.32 Å². The number of benzene rings is 1. The molecule has 1 aromatic heterocycles. The Balaban J connectivity index is 1.77. The van der Waals surface area contributed by atoms with Gasteiger partial charge in [0, 0.05) is 12.2 Å². The molecule has 0 fully saturated rings. The fourth-order valence-corrected chi connectivity index (χ4v) is 2.69. The van der Waals surface area contributed by atoms with E-state index in [1.165, 1.54) is 11.1 Å². The van der Waals surface area contributed by atoms with Crippen LogP contribution in [0.5, 0.6) is 0 Å². The van der Waals surface area contributed by atoms with Crippen LogP contribution in [0.2, 0.25) is 0 Å². The van der Waals surface area contributed by atoms with Crippen LogP contribution in [0.1, 0.15) is 28.9 Å². The lowest BCUT2D eigenvalue weighted by molar-refractivity contribution is 0.607. The van der Waals surface area contributed by atoms with Crippen molar-refractivity contribution in [1.82, 2.24) is 9.97 Å². The van der Waals surface area contributed by atoms with Crippen molar-refractivity contribution in [2.45, 2.75) is 39.2 Å². The van der Waals surface area contributed by atoms with Gasteiger partial charge in [0.1, 0.15) is 5.82 Å². The molecule has 0 amide bonds. The summed E-state index contributed by atoms with van der Waals surface area (Å²) in [7, 11) is 0. The molecule has 0 spiro atoms. The van der Waals surface area contributed by atoms with E-state index in [0.717, 1.165) is 36.5 Å². The molecule has 0 saturated carbocycles. The third kappa shape index (κ3) is 2.60. The average Bonchev–Trinajstić information content (AvgIpc) is 2.43. The maximum atomic E-state index is 4.55. The Labute approximate surface area is 114 Å². The molecule has 2 aromatic rings. The van der Waals surface area contributed by atoms with Crippen molar-refractivity contribution in [2.75, 3.05) is 5.32 Å². The monoisotopic (exact) mass is 253 g/mol. The number of nitrogens with zero attached hydrogens (tertiary/aromatic N) is 2. The van der Waals surface area contributed by atoms with Crippen molar-refractivity contribution in [3.63, 3.8) is 0 Å². The van der Waals surface area contributed by atoms with Crippen molar-refractivity contribution in [3.8, 4) is 0 Å². The Morgan fingerprint density at radius 2 is 1.95 bits per heavy atom. The average molecular weight is 253 g/mol. The topological polar surface area (TPSA) is 37.8 Å². The van der Waals surface area contributed by atoms with E-state index in [9.17, 15) is 0 Å². The molecular formula is C16H19N3. The molecule has 1 heterocycles. The van der Waals surface area contributed by atoms with E-state index in [1.54, 1.807) is 0 Å². The Hall–Kier alpha value is -1.90. The van der Waals surface area contributed by atoms with Crippen LogP contribution in [0.25, 0.3) is 0 Å². The third-order valence-corrected chi connectivity index (χ3v) is 3.76. The highest BCUT2D eigenvalue weighted by Crippen LogP contribution is 2.23. The second-order valence-electron chi connectivity index (χ2n) is 5.30. The number of fused-ring (bicyclic) bond motifs is 1. The largest absolute Gasteiger partial charge is 0.365 e. The maximum absolute atomic E-state index is 4.55. The normalized spacial score (nSPS) is 17.9. The summed E-state index contributed by atoms with van der Waals surface area (Å²) in [5.74, 6) is 0.935. The van der Waals surface area contributed by atoms with Crippen molar-refractivity contribution in [1.29, 1.82) is 0 Å². The smallest absolute Gasteiger partial charge is 0.147 e. The lowest BCUT2D eigenvalue weighted by atomic mass is 9.88. The van der Waals surface area contributed by atoms with Crippen LogP contribution < -0.4 is 5.32 Å². The van der Waals surface area contributed by atoms with Crippen molar-refractivity contribution >= 4 is 5.82 Å². The molecule has 0 unspecified atom stereocenters. The number of aromatic nitrogens is 2. The molecule has 1 aromatic carbocycles. The van der Waals surface area contributed by atoms with E-state index in [0.29, 0.717) is 6.04 Å². The SMILES string of the molecule is Cc1cnc(C)c(N[C@H]2CCc3ccccc3C2)n1. The second-order valence-corrected chi connectivity index (χ2v) is 5.30. The number of hydrogen-bond donors (Lipinski definition) is 1. The molecule has 98 valence electrons. The molecule has 0 aliphatic heterocycles. The van der Waals surface area contributed by atoms with Crippen molar-refractivity contribution < 1.29 is 0 Å². The highest BCUT2D eigenvalue weighted by atomic mass is 15.0. The highest BCUT2D eigenvalue weighted by Gasteiger charge is 2.19. The Kier molecular flexibility index (Phi) is 3.20. The Bertz CT molecular complexity index is 592. The lowest BCUT2D eigenvalue weighted by Crippen LogP contribution is -2.28. The summed E-state index contributed by atoms with van der Waals surface area (Å²) in [4.78, 5) is 8.91. The molecule has 0 bridgehead atoms. The molecule has 3 rings (SSSR count). The van der Waals surface area contributed by atoms with Crippen LogP contribution in [0, 0.1) is 13.8 Å². The second kappa shape index (κ2) is 5.00. The molecule has 0 radical (unpaired) electrons. The number of nitrogens with one attached hydrogen (secondary N) is 1. The van der Waals surface area contributed by atoms with Gasteiger partial charge in [-0.1, -0.05) is 24.3 Å². The minimum atomic E-state index is 0.463. The molecule has 19 heavy (non-hydrogen) atoms. The zero-order valence-electron chi connectivity index (χ0n) is 11.5. The first-order chi connectivity index (χ1) is 9.22. The fraction of sp³-hybridized carbons (Fsp3) is 0.375. The quantitative estimate of drug-likeness (QED) is 0.894. The molecule has 3 heteroatoms. The first-order valence-corrected chi connectivity index (χ1v) is 6.86. The van der Waals surface area contributed by atoms with E-state index < -0.39 is 0 Å². The van der Waals surface area contributed by atoms with E-state index in [-0.39, 0.29) is 0 Å². The fourth-order valence-electron chi connectivity index (χ4n) is 2.69. The minimum absolute atomic E-state index is 0.463. The summed E-state index contributed by atoms with van der Waals surface area (Å²) in [6, 6.07) is 9.19. The van der Waals surface area contributed by atoms with Crippen LogP contribution in [0.4, 0.5) is 5.82 Å². The Morgan fingerprint density at radius 1 is 1.16 bits per heavy atom. The predicted molar refractivity (Wildman–Crippen MR) is 77.4 cm³/mol. The third-order valence-electron chi connectivity index (χ3n) is 3.76. The van der Waals surface area contributed by atoms with E-state index in [4.69, 9.17) is 0 Å². The van der Waals surface area contributed by atoms with E-state index in [2.05, 4.69) is 39.6 Å². The summed E-state index contributed by atoms with van der Waals surface area (Å²) in [6.07, 6.45) is 5.19. The molecule has 0 saturated heterocycles. The van der Waals surface area contributed by atoms with Crippen molar-refractivity contribution in [2.24, 2.45) is 0 Å². The van der Waals surface area contributed by atoms with Crippen LogP contribution in [0.3, 0.4) is 0 Å². The van der Waals surface area contributed by atoms with Gasteiger partial charge in [-0.15, -0.1) is 0 Å². The molecule has 1 N–H and O–H groups in total. The van der Waals surface area contributed by atoms with Gasteiger partial charge in [0.2, 0.25) is 0 Å². The molecule has 1 aliphatic carbocycles. The summed E-state index contributed by atoms with van der Waals surface area (Å²) in [5.41, 5.74) is 4.89. The first kappa shape index (κ1) is 12.2. The number of rotatable bonds is 2. The molecular weight excluding hydrogens is 234 g/mol. The molecule has 1 aliphatic rings. The van der Waals surface area contributed by atoms with Gasteiger partial charge in [-0.05, 0) is 44.2 Å². The van der Waals surface area contributed by atoms with Gasteiger partial charge >= 0.3 is 0 Å². The van der Waals surface area contributed by atoms with Crippen LogP contribution in [-0.2, 0) is 12.8 Å². The molecule has 3 nitrogen and oxygen atoms in total. The zero-order valence-corrected chi connectivity index (χ0v) is 11.5. The van der Waals surface area contributed by atoms with E-state index in [1.807, 2.05) is 20.0 Å². The minimum Gasteiger partial charge on any atom is -0.365 e. The van der Waals surface area contributed by atoms with E-state index >= 15 is 0 Å². The summed E-state index contributed by atoms with van der Waals surface area (Å²) >= 11 is 0. The first-order valence-electron chi connectivity index (χ1n) is 6.86. The van der Waals surface area contributed by atoms with Gasteiger partial charge in [0.25, 0.3) is 0 Å². The maximum Gasteiger partial charge on any atom is 0.147 e. The lowest BCUT2D eigenvalue weighted by Gasteiger charge is -2.26. The number of aryl methyl sites for hydroxylation is 3. The van der Waals surface area contributed by atoms with Gasteiger partial charge in [-0.2, -0.15) is 0 Å². The summed E-state index contributed by atoms with van der Waals surface area (Å²) in [5, 5.41) is 3.56. The Morgan fingerprint density at radius 3 is 2.79 bits per heavy atom. The van der Waals surface area contributed by atoms with Gasteiger partial charge in [-0.3, -0.25) is 4.98 Å². The van der Waals surface area contributed by atoms with Gasteiger partial charge in [0.05, 0.1) is 11.4 Å². The van der Waals surface area contributed by atoms with Crippen LogP contribution >= 0.6 is 0 Å². The number of hydrogen-bond acceptors (Lipinski definition) is 3. The molecule has 1 atom stereocenters. The summed E-state index contributed by atoms with van der Waals surface area (Å²) in [6.45, 7) is 3.99. The predicted octanol–water partition coefficient (Wildman–Crippen LogP) is 3.06. The summed E-state index contributed by atoms with van der Waals surface area (Å²) < 4.78 is 0. The van der Waals surface area contributed by atoms with Gasteiger partial charge in [0.15, 0.2) is 0 Å². The van der Waals surface area contributed by atoms with Crippen LogP contribution in [0.15, 0.2) is 30.5 Å². The standard InChI is InChI=1S/C16H19N3/c1-11-10-17-12(2)16(18-11)19-15-8-7-13-5-3-4-6-14(13)9-15/h3-6,10,15H,7-9H2,1-2H3,(H,18,19)/t15-/m0/s1. The van der Waals surface area contributed by atoms with Gasteiger partial charge in [-0.25, -0.2) is 4.98 Å². The van der Waals surface area contributed by atoms with Crippen molar-refractivity contribution in [3.05, 3.63) is 53.0 Å². The zero-order chi connectivity index (χ0) is 13.2. The highest BCUT2D eigenvalue weighted by molar-refractivity contribution is 5.42. The van der Waals surface area contributed by atoms with Crippen LogP contribution in [-0.4, -0.2) is 16.0 Å².